The van der Waals surface area contributed by atoms with Gasteiger partial charge in [-0.05, 0) is 167 Å². The molecule has 4 aromatic rings. The second-order valence-electron chi connectivity index (χ2n) is 16.9. The van der Waals surface area contributed by atoms with Gasteiger partial charge < -0.3 is 9.47 Å². The van der Waals surface area contributed by atoms with Gasteiger partial charge in [-0.1, -0.05) is 101 Å². The van der Waals surface area contributed by atoms with Crippen molar-refractivity contribution in [1.82, 2.24) is 0 Å². The topological polar surface area (TPSA) is 18.5 Å². The van der Waals surface area contributed by atoms with Crippen molar-refractivity contribution in [2.45, 2.75) is 89.9 Å². The molecule has 2 aliphatic carbocycles. The molecule has 0 heterocycles. The van der Waals surface area contributed by atoms with E-state index in [-0.39, 0.29) is 17.1 Å². The molecule has 10 radical (unpaired) electrons. The Morgan fingerprint density at radius 1 is 0.540 bits per heavy atom. The van der Waals surface area contributed by atoms with Crippen molar-refractivity contribution in [3.8, 4) is 58.9 Å². The summed E-state index contributed by atoms with van der Waals surface area (Å²) in [6.45, 7) is 19.7. The van der Waals surface area contributed by atoms with E-state index in [0.29, 0.717) is 29.8 Å². The molecule has 0 atom stereocenters. The minimum absolute atomic E-state index is 0. The largest absolute Gasteiger partial charge is 2.00 e. The zero-order valence-electron chi connectivity index (χ0n) is 38.2. The van der Waals surface area contributed by atoms with Crippen LogP contribution in [0.1, 0.15) is 98.4 Å². The first-order valence-corrected chi connectivity index (χ1v) is 26.0. The van der Waals surface area contributed by atoms with E-state index in [1.807, 2.05) is 106 Å². The molecule has 2 aliphatic rings. The normalized spacial score (nSPS) is 13.3. The predicted octanol–water partition coefficient (Wildman–Crippen LogP) is 13.5. The summed E-state index contributed by atoms with van der Waals surface area (Å²) in [5.41, 5.74) is 7.49. The van der Waals surface area contributed by atoms with Crippen molar-refractivity contribution in [2.75, 3.05) is 19.0 Å². The van der Waals surface area contributed by atoms with Crippen LogP contribution in [-0.4, -0.2) is 27.0 Å². The van der Waals surface area contributed by atoms with Gasteiger partial charge in [0.1, 0.15) is 11.5 Å². The Hall–Kier alpha value is -4.19. The van der Waals surface area contributed by atoms with Crippen molar-refractivity contribution in [1.29, 1.82) is 0 Å². The Morgan fingerprint density at radius 2 is 0.984 bits per heavy atom. The molecule has 4 aromatic carbocycles. The molecular formula is C58H60FeO2SSi+2. The fourth-order valence-corrected chi connectivity index (χ4v) is 8.91. The number of rotatable bonds is 11. The number of ether oxygens (including phenoxy) is 2. The standard InChI is InChI=1S/C53H55O2SSi.C5H5.Fe/c1-9-34-54-51-40-49(52(55-35-10-2)39-48(51)30-23-42-14-11-12-15-42)31-24-44-18-16-43(17-19-44)22-28-47-29-25-46(38-41(47)3)21-20-45-26-32-50(33-27-45)56-36-13-37-57(7,8)53(4,5)6;1-2-4-5-3-1;/h11-12,14-19,25-27,29,32-33,38-40H,9-10,13,34-37H2,1-8H3;1-5H;/q;;+2. The fraction of sp³-hybridized carbons (Fsp3) is 0.276. The number of thioether (sulfide) groups is 1. The summed E-state index contributed by atoms with van der Waals surface area (Å²) >= 11 is 1.95. The maximum absolute atomic E-state index is 6.14. The maximum atomic E-state index is 6.14. The summed E-state index contributed by atoms with van der Waals surface area (Å²) in [4.78, 5) is 1.31. The zero-order chi connectivity index (χ0) is 44.2. The molecule has 5 heteroatoms. The average Bonchev–Trinajstić information content (AvgIpc) is 4.03. The molecule has 6 rings (SSSR count). The fourth-order valence-electron chi connectivity index (χ4n) is 5.99. The van der Waals surface area contributed by atoms with Crippen molar-refractivity contribution in [2.24, 2.45) is 0 Å². The van der Waals surface area contributed by atoms with E-state index in [1.165, 1.54) is 23.1 Å². The number of hydrogen-bond acceptors (Lipinski definition) is 3. The molecule has 0 N–H and O–H groups in total. The molecule has 0 spiro atoms. The number of hydrogen-bond donors (Lipinski definition) is 0. The van der Waals surface area contributed by atoms with Gasteiger partial charge in [0.05, 0.1) is 38.3 Å². The van der Waals surface area contributed by atoms with Crippen LogP contribution in [0.4, 0.5) is 0 Å². The summed E-state index contributed by atoms with van der Waals surface area (Å²) < 4.78 is 12.3. The molecule has 0 amide bonds. The zero-order valence-corrected chi connectivity index (χ0v) is 41.2. The molecule has 2 nitrogen and oxygen atoms in total. The smallest absolute Gasteiger partial charge is 0.492 e. The van der Waals surface area contributed by atoms with Crippen LogP contribution in [-0.2, 0) is 17.1 Å². The van der Waals surface area contributed by atoms with E-state index in [1.54, 1.807) is 0 Å². The monoisotopic (exact) mass is 904 g/mol. The van der Waals surface area contributed by atoms with E-state index < -0.39 is 8.07 Å². The van der Waals surface area contributed by atoms with Gasteiger partial charge in [0.25, 0.3) is 0 Å². The average molecular weight is 905 g/mol. The van der Waals surface area contributed by atoms with E-state index in [2.05, 4.69) is 144 Å². The molecule has 0 saturated heterocycles. The summed E-state index contributed by atoms with van der Waals surface area (Å²) in [5, 5.41) is 0.455. The molecule has 2 saturated carbocycles. The van der Waals surface area contributed by atoms with Gasteiger partial charge in [-0.3, -0.25) is 0 Å². The van der Waals surface area contributed by atoms with Crippen LogP contribution in [0, 0.1) is 118 Å². The summed E-state index contributed by atoms with van der Waals surface area (Å²) in [6, 6.07) is 28.2. The third-order valence-corrected chi connectivity index (χ3v) is 17.6. The van der Waals surface area contributed by atoms with Crippen molar-refractivity contribution >= 4 is 19.8 Å². The third kappa shape index (κ3) is 17.4. The predicted molar refractivity (Wildman–Crippen MR) is 266 cm³/mol. The van der Waals surface area contributed by atoms with Gasteiger partial charge in [-0.2, -0.15) is 0 Å². The first-order chi connectivity index (χ1) is 29.9. The molecule has 2 fully saturated rings. The Bertz CT molecular complexity index is 2290. The van der Waals surface area contributed by atoms with Crippen molar-refractivity contribution in [3.63, 3.8) is 0 Å². The minimum Gasteiger partial charge on any atom is -0.492 e. The second kappa shape index (κ2) is 26.6. The Morgan fingerprint density at radius 3 is 1.48 bits per heavy atom. The van der Waals surface area contributed by atoms with E-state index in [4.69, 9.17) is 9.47 Å². The quantitative estimate of drug-likeness (QED) is 0.0647. The Kier molecular flexibility index (Phi) is 21.7. The molecule has 0 bridgehead atoms. The third-order valence-electron chi connectivity index (χ3n) is 10.8. The van der Waals surface area contributed by atoms with Gasteiger partial charge >= 0.3 is 17.1 Å². The van der Waals surface area contributed by atoms with Crippen LogP contribution in [0.3, 0.4) is 0 Å². The summed E-state index contributed by atoms with van der Waals surface area (Å²) in [6.07, 6.45) is 21.0. The van der Waals surface area contributed by atoms with Crippen LogP contribution in [0.25, 0.3) is 0 Å². The number of aryl methyl sites for hydroxylation is 1. The van der Waals surface area contributed by atoms with Gasteiger partial charge in [-0.15, -0.1) is 11.8 Å². The summed E-state index contributed by atoms with van der Waals surface area (Å²) in [7, 11) is -1.20. The SMILES string of the molecule is CCCOc1cc(C#Cc2ccc(C#Cc3ccc(C#Cc4ccc(SCCC[Si](C)(C)C(C)(C)C)cc4)cc3C)cc2)c(OCCC)cc1C#C[C]1[CH][CH][CH][CH]1.[CH]1[CH][CH][CH][CH]1.[Fe+2]. The van der Waals surface area contributed by atoms with E-state index in [9.17, 15) is 0 Å². The first-order valence-electron chi connectivity index (χ1n) is 21.8. The summed E-state index contributed by atoms with van der Waals surface area (Å²) in [5.74, 6) is 30.1. The second-order valence-corrected chi connectivity index (χ2v) is 23.8. The van der Waals surface area contributed by atoms with E-state index >= 15 is 0 Å². The van der Waals surface area contributed by atoms with Gasteiger partial charge in [-0.25, -0.2) is 0 Å². The Balaban J connectivity index is 0.00000135. The Labute approximate surface area is 398 Å². The van der Waals surface area contributed by atoms with Crippen molar-refractivity contribution < 1.29 is 26.5 Å². The molecule has 0 unspecified atom stereocenters. The van der Waals surface area contributed by atoms with Gasteiger partial charge in [0.2, 0.25) is 0 Å². The maximum Gasteiger partial charge on any atom is 2.00 e. The first kappa shape index (κ1) is 51.4. The molecule has 0 aliphatic heterocycles. The molecule has 0 aromatic heterocycles. The van der Waals surface area contributed by atoms with Crippen LogP contribution < -0.4 is 9.47 Å². The van der Waals surface area contributed by atoms with Crippen LogP contribution in [0.2, 0.25) is 24.2 Å². The van der Waals surface area contributed by atoms with E-state index in [0.717, 1.165) is 63.3 Å². The van der Waals surface area contributed by atoms with Gasteiger partial charge in [0.15, 0.2) is 0 Å². The minimum atomic E-state index is -1.20. The molecular weight excluding hydrogens is 845 g/mol. The molecule has 63 heavy (non-hydrogen) atoms. The van der Waals surface area contributed by atoms with Crippen LogP contribution in [0.5, 0.6) is 11.5 Å². The number of benzene rings is 4. The van der Waals surface area contributed by atoms with Crippen molar-refractivity contribution in [3.05, 3.63) is 187 Å². The van der Waals surface area contributed by atoms with Gasteiger partial charge in [0, 0.05) is 44.8 Å². The van der Waals surface area contributed by atoms with Crippen LogP contribution >= 0.6 is 11.8 Å². The van der Waals surface area contributed by atoms with Crippen LogP contribution in [0.15, 0.2) is 83.8 Å². The molecule has 320 valence electrons.